The van der Waals surface area contributed by atoms with Gasteiger partial charge in [0.15, 0.2) is 11.6 Å². The molecule has 138 valence electrons. The van der Waals surface area contributed by atoms with E-state index in [9.17, 15) is 14.3 Å². The van der Waals surface area contributed by atoms with Crippen molar-refractivity contribution < 1.29 is 23.8 Å². The van der Waals surface area contributed by atoms with Gasteiger partial charge in [0, 0.05) is 12.5 Å². The number of methoxy groups -OCH3 is 1. The number of aliphatic hydroxyl groups excluding tert-OH is 1. The Kier molecular flexibility index (Phi) is 5.73. The van der Waals surface area contributed by atoms with Crippen LogP contribution in [0.15, 0.2) is 48.5 Å². The summed E-state index contributed by atoms with van der Waals surface area (Å²) in [5.41, 5.74) is 1.61. The van der Waals surface area contributed by atoms with E-state index in [0.29, 0.717) is 18.5 Å². The van der Waals surface area contributed by atoms with Crippen molar-refractivity contribution in [3.8, 4) is 5.75 Å². The van der Waals surface area contributed by atoms with E-state index in [-0.39, 0.29) is 24.8 Å². The van der Waals surface area contributed by atoms with Crippen LogP contribution >= 0.6 is 0 Å². The number of ether oxygens (including phenoxy) is 2. The lowest BCUT2D eigenvalue weighted by molar-refractivity contribution is 0.0343. The fourth-order valence-electron chi connectivity index (χ4n) is 3.21. The molecule has 6 heteroatoms. The third-order valence-corrected chi connectivity index (χ3v) is 4.65. The molecule has 26 heavy (non-hydrogen) atoms. The van der Waals surface area contributed by atoms with E-state index in [1.807, 2.05) is 30.3 Å². The second kappa shape index (κ2) is 8.19. The van der Waals surface area contributed by atoms with Gasteiger partial charge < -0.3 is 19.5 Å². The van der Waals surface area contributed by atoms with E-state index in [4.69, 9.17) is 9.47 Å². The monoisotopic (exact) mass is 359 g/mol. The second-order valence-electron chi connectivity index (χ2n) is 6.34. The topological polar surface area (TPSA) is 59.0 Å². The minimum Gasteiger partial charge on any atom is -0.494 e. The number of β-amino-alcohol motifs (C(OH)–C–C–N with tert-alkyl or cyclic N) is 1. The van der Waals surface area contributed by atoms with Gasteiger partial charge in [-0.3, -0.25) is 0 Å². The highest BCUT2D eigenvalue weighted by atomic mass is 19.1. The molecular weight excluding hydrogens is 337 g/mol. The van der Waals surface area contributed by atoms with Crippen LogP contribution in [0.25, 0.3) is 0 Å². The normalized spacial score (nSPS) is 19.9. The summed E-state index contributed by atoms with van der Waals surface area (Å²) >= 11 is 0. The molecule has 1 amide bonds. The van der Waals surface area contributed by atoms with Gasteiger partial charge in [0.05, 0.1) is 19.8 Å². The number of hydrogen-bond donors (Lipinski definition) is 1. The summed E-state index contributed by atoms with van der Waals surface area (Å²) in [6.45, 7) is 0.800. The minimum atomic E-state index is -0.777. The van der Waals surface area contributed by atoms with Gasteiger partial charge in [0.2, 0.25) is 0 Å². The fraction of sp³-hybridized carbons (Fsp3) is 0.350. The Morgan fingerprint density at radius 1 is 1.27 bits per heavy atom. The average molecular weight is 359 g/mol. The maximum Gasteiger partial charge on any atom is 0.410 e. The number of carbonyl (C=O) groups is 1. The van der Waals surface area contributed by atoms with Crippen LogP contribution in [0, 0.1) is 5.82 Å². The number of piperidine rings is 1. The Balaban J connectivity index is 1.57. The van der Waals surface area contributed by atoms with Crippen LogP contribution in [-0.2, 0) is 11.3 Å². The van der Waals surface area contributed by atoms with Crippen LogP contribution in [0.3, 0.4) is 0 Å². The first kappa shape index (κ1) is 18.2. The van der Waals surface area contributed by atoms with Crippen LogP contribution in [0.5, 0.6) is 5.75 Å². The molecule has 5 nitrogen and oxygen atoms in total. The van der Waals surface area contributed by atoms with Crippen LogP contribution in [0.1, 0.15) is 23.5 Å². The quantitative estimate of drug-likeness (QED) is 0.910. The van der Waals surface area contributed by atoms with Gasteiger partial charge in [-0.2, -0.15) is 0 Å². The smallest absolute Gasteiger partial charge is 0.410 e. The fourth-order valence-corrected chi connectivity index (χ4v) is 3.21. The largest absolute Gasteiger partial charge is 0.494 e. The zero-order chi connectivity index (χ0) is 18.5. The standard InChI is InChI=1S/C20H22FNO4/c1-25-19-8-7-15(11-17(19)21)16-9-10-22(12-18(16)23)20(24)26-13-14-5-3-2-4-6-14/h2-8,11,16,18,23H,9-10,12-13H2,1H3. The van der Waals surface area contributed by atoms with Crippen molar-refractivity contribution >= 4 is 6.09 Å². The third-order valence-electron chi connectivity index (χ3n) is 4.65. The molecular formula is C20H22FNO4. The zero-order valence-electron chi connectivity index (χ0n) is 14.6. The Morgan fingerprint density at radius 3 is 2.69 bits per heavy atom. The summed E-state index contributed by atoms with van der Waals surface area (Å²) < 4.78 is 24.1. The first-order valence-corrected chi connectivity index (χ1v) is 8.55. The molecule has 0 aromatic heterocycles. The van der Waals surface area contributed by atoms with Crippen LogP contribution in [-0.4, -0.2) is 42.4 Å². The number of halogens is 1. The predicted molar refractivity (Wildman–Crippen MR) is 94.5 cm³/mol. The molecule has 2 aromatic rings. The summed E-state index contributed by atoms with van der Waals surface area (Å²) in [6, 6.07) is 14.1. The maximum atomic E-state index is 13.9. The van der Waals surface area contributed by atoms with Gasteiger partial charge in [0.1, 0.15) is 6.61 Å². The first-order valence-electron chi connectivity index (χ1n) is 8.55. The number of benzene rings is 2. The Bertz CT molecular complexity index is 753. The Morgan fingerprint density at radius 2 is 2.04 bits per heavy atom. The van der Waals surface area contributed by atoms with Crippen molar-refractivity contribution in [2.24, 2.45) is 0 Å². The highest BCUT2D eigenvalue weighted by Gasteiger charge is 2.32. The summed E-state index contributed by atoms with van der Waals surface area (Å²) in [5, 5.41) is 10.4. The number of hydrogen-bond acceptors (Lipinski definition) is 4. The molecule has 0 bridgehead atoms. The summed E-state index contributed by atoms with van der Waals surface area (Å²) in [6.07, 6.45) is -0.694. The van der Waals surface area contributed by atoms with E-state index in [0.717, 1.165) is 5.56 Å². The number of aliphatic hydroxyl groups is 1. The predicted octanol–water partition coefficient (Wildman–Crippen LogP) is 3.32. The van der Waals surface area contributed by atoms with Crippen LogP contribution < -0.4 is 4.74 Å². The van der Waals surface area contributed by atoms with Crippen molar-refractivity contribution in [1.29, 1.82) is 0 Å². The molecule has 0 spiro atoms. The van der Waals surface area contributed by atoms with Crippen molar-refractivity contribution in [2.75, 3.05) is 20.2 Å². The molecule has 3 rings (SSSR count). The second-order valence-corrected chi connectivity index (χ2v) is 6.34. The summed E-state index contributed by atoms with van der Waals surface area (Å²) in [4.78, 5) is 13.7. The van der Waals surface area contributed by atoms with Gasteiger partial charge in [-0.25, -0.2) is 9.18 Å². The van der Waals surface area contributed by atoms with Crippen LogP contribution in [0.4, 0.5) is 9.18 Å². The van der Waals surface area contributed by atoms with Crippen molar-refractivity contribution in [2.45, 2.75) is 25.0 Å². The highest BCUT2D eigenvalue weighted by Crippen LogP contribution is 2.31. The number of amides is 1. The van der Waals surface area contributed by atoms with Gasteiger partial charge in [-0.05, 0) is 29.7 Å². The van der Waals surface area contributed by atoms with E-state index >= 15 is 0 Å². The number of carbonyl (C=O) groups excluding carboxylic acids is 1. The molecule has 1 fully saturated rings. The van der Waals surface area contributed by atoms with Gasteiger partial charge in [-0.15, -0.1) is 0 Å². The van der Waals surface area contributed by atoms with E-state index < -0.39 is 18.0 Å². The molecule has 1 N–H and O–H groups in total. The first-order chi connectivity index (χ1) is 12.6. The lowest BCUT2D eigenvalue weighted by Crippen LogP contribution is -2.45. The maximum absolute atomic E-state index is 13.9. The van der Waals surface area contributed by atoms with Gasteiger partial charge in [-0.1, -0.05) is 36.4 Å². The van der Waals surface area contributed by atoms with Crippen molar-refractivity contribution in [3.05, 3.63) is 65.5 Å². The third kappa shape index (κ3) is 4.14. The molecule has 0 radical (unpaired) electrons. The van der Waals surface area contributed by atoms with Crippen molar-refractivity contribution in [3.63, 3.8) is 0 Å². The summed E-state index contributed by atoms with van der Waals surface area (Å²) in [5.74, 6) is -0.513. The Labute approximate surface area is 152 Å². The number of likely N-dealkylation sites (tertiary alicyclic amines) is 1. The van der Waals surface area contributed by atoms with Crippen LogP contribution in [0.2, 0.25) is 0 Å². The molecule has 2 atom stereocenters. The lowest BCUT2D eigenvalue weighted by Gasteiger charge is -2.35. The molecule has 1 aliphatic rings. The van der Waals surface area contributed by atoms with E-state index in [1.165, 1.54) is 18.1 Å². The summed E-state index contributed by atoms with van der Waals surface area (Å²) in [7, 11) is 1.41. The molecule has 2 aromatic carbocycles. The number of nitrogens with zero attached hydrogens (tertiary/aromatic N) is 1. The molecule has 1 saturated heterocycles. The highest BCUT2D eigenvalue weighted by molar-refractivity contribution is 5.68. The minimum absolute atomic E-state index is 0.159. The molecule has 0 saturated carbocycles. The van der Waals surface area contributed by atoms with Gasteiger partial charge in [0.25, 0.3) is 0 Å². The molecule has 1 aliphatic heterocycles. The molecule has 0 aliphatic carbocycles. The molecule has 1 heterocycles. The SMILES string of the molecule is COc1ccc(C2CCN(C(=O)OCc3ccccc3)CC2O)cc1F. The zero-order valence-corrected chi connectivity index (χ0v) is 14.6. The van der Waals surface area contributed by atoms with Crippen molar-refractivity contribution in [1.82, 2.24) is 4.90 Å². The number of rotatable bonds is 4. The van der Waals surface area contributed by atoms with Gasteiger partial charge >= 0.3 is 6.09 Å². The average Bonchev–Trinajstić information content (AvgIpc) is 2.66. The molecule has 2 unspecified atom stereocenters. The van der Waals surface area contributed by atoms with E-state index in [2.05, 4.69) is 0 Å². The lowest BCUT2D eigenvalue weighted by atomic mass is 9.87. The van der Waals surface area contributed by atoms with E-state index in [1.54, 1.807) is 12.1 Å². The Hall–Kier alpha value is -2.60.